The number of halogens is 1. The quantitative estimate of drug-likeness (QED) is 0.257. The summed E-state index contributed by atoms with van der Waals surface area (Å²) in [6, 6.07) is 24.9. The number of ketones is 1. The first-order valence-corrected chi connectivity index (χ1v) is 13.2. The second-order valence-electron chi connectivity index (χ2n) is 9.78. The molecule has 0 bridgehead atoms. The summed E-state index contributed by atoms with van der Waals surface area (Å²) < 4.78 is 20.7. The maximum atomic E-state index is 13.7. The van der Waals surface area contributed by atoms with E-state index in [1.165, 1.54) is 12.1 Å². The molecule has 0 aliphatic carbocycles. The van der Waals surface area contributed by atoms with E-state index in [-0.39, 0.29) is 23.4 Å². The van der Waals surface area contributed by atoms with Crippen molar-refractivity contribution < 1.29 is 18.7 Å². The Morgan fingerprint density at radius 3 is 2.23 bits per heavy atom. The molecule has 200 valence electrons. The summed E-state index contributed by atoms with van der Waals surface area (Å²) in [5.74, 6) is 0.276. The van der Waals surface area contributed by atoms with Crippen molar-refractivity contribution in [2.45, 2.75) is 12.8 Å². The maximum Gasteiger partial charge on any atom is 0.258 e. The SMILES string of the molecule is COc1cccc(N(CCN2CCC(C(=O)c3ccc(F)cc3)CC2)C(=O)c2ccc(-n3cccc3)cc2)c1. The van der Waals surface area contributed by atoms with Crippen molar-refractivity contribution in [2.75, 3.05) is 38.2 Å². The summed E-state index contributed by atoms with van der Waals surface area (Å²) >= 11 is 0. The van der Waals surface area contributed by atoms with E-state index in [0.29, 0.717) is 30.0 Å². The second-order valence-corrected chi connectivity index (χ2v) is 9.78. The Balaban J connectivity index is 1.26. The van der Waals surface area contributed by atoms with Gasteiger partial charge in [0.1, 0.15) is 11.6 Å². The highest BCUT2D eigenvalue weighted by Crippen LogP contribution is 2.25. The van der Waals surface area contributed by atoms with Crippen molar-refractivity contribution in [3.8, 4) is 11.4 Å². The van der Waals surface area contributed by atoms with Gasteiger partial charge in [-0.15, -0.1) is 0 Å². The molecule has 1 fully saturated rings. The highest BCUT2D eigenvalue weighted by Gasteiger charge is 2.27. The largest absolute Gasteiger partial charge is 0.497 e. The Labute approximate surface area is 228 Å². The summed E-state index contributed by atoms with van der Waals surface area (Å²) in [7, 11) is 1.61. The zero-order valence-corrected chi connectivity index (χ0v) is 22.0. The fourth-order valence-electron chi connectivity index (χ4n) is 5.07. The summed E-state index contributed by atoms with van der Waals surface area (Å²) in [5, 5.41) is 0. The molecule has 0 N–H and O–H groups in total. The molecule has 5 rings (SSSR count). The molecule has 39 heavy (non-hydrogen) atoms. The molecule has 4 aromatic rings. The smallest absolute Gasteiger partial charge is 0.258 e. The van der Waals surface area contributed by atoms with E-state index in [1.807, 2.05) is 77.6 Å². The van der Waals surface area contributed by atoms with Gasteiger partial charge in [0.25, 0.3) is 5.91 Å². The third-order valence-electron chi connectivity index (χ3n) is 7.35. The topological polar surface area (TPSA) is 54.8 Å². The van der Waals surface area contributed by atoms with Gasteiger partial charge in [-0.05, 0) is 98.7 Å². The third kappa shape index (κ3) is 6.26. The van der Waals surface area contributed by atoms with Crippen LogP contribution in [0.5, 0.6) is 5.75 Å². The molecular weight excluding hydrogens is 493 g/mol. The number of hydrogen-bond donors (Lipinski definition) is 0. The molecule has 1 saturated heterocycles. The minimum atomic E-state index is -0.339. The number of ether oxygens (including phenoxy) is 1. The van der Waals surface area contributed by atoms with Gasteiger partial charge in [-0.2, -0.15) is 0 Å². The molecule has 0 unspecified atom stereocenters. The maximum absolute atomic E-state index is 13.7. The molecular formula is C32H32FN3O3. The van der Waals surface area contributed by atoms with E-state index < -0.39 is 0 Å². The van der Waals surface area contributed by atoms with E-state index in [1.54, 1.807) is 24.1 Å². The zero-order valence-electron chi connectivity index (χ0n) is 22.0. The average molecular weight is 526 g/mol. The molecule has 1 aliphatic rings. The number of amides is 1. The standard InChI is InChI=1S/C32H32FN3O3/c1-39-30-6-4-5-29(23-30)36(32(38)26-9-13-28(14-10-26)35-17-2-3-18-35)22-21-34-19-15-25(16-20-34)31(37)24-7-11-27(33)12-8-24/h2-14,17-18,23,25H,15-16,19-22H2,1H3. The Bertz CT molecular complexity index is 1390. The van der Waals surface area contributed by atoms with Crippen molar-refractivity contribution in [1.82, 2.24) is 9.47 Å². The van der Waals surface area contributed by atoms with Crippen LogP contribution < -0.4 is 9.64 Å². The molecule has 3 aromatic carbocycles. The summed E-state index contributed by atoms with van der Waals surface area (Å²) in [6.45, 7) is 2.72. The van der Waals surface area contributed by atoms with Gasteiger partial charge in [0, 0.05) is 60.0 Å². The molecule has 7 heteroatoms. The number of hydrogen-bond acceptors (Lipinski definition) is 4. The molecule has 0 spiro atoms. The molecule has 1 amide bonds. The number of rotatable bonds is 9. The molecule has 0 saturated carbocycles. The Hall–Kier alpha value is -4.23. The minimum Gasteiger partial charge on any atom is -0.497 e. The van der Waals surface area contributed by atoms with Gasteiger partial charge >= 0.3 is 0 Å². The number of carbonyl (C=O) groups excluding carboxylic acids is 2. The number of likely N-dealkylation sites (tertiary alicyclic amines) is 1. The van der Waals surface area contributed by atoms with Crippen LogP contribution in [0, 0.1) is 11.7 Å². The summed E-state index contributed by atoms with van der Waals surface area (Å²) in [5.41, 5.74) is 2.93. The lowest BCUT2D eigenvalue weighted by Gasteiger charge is -2.33. The fraction of sp³-hybridized carbons (Fsp3) is 0.250. The number of aromatic nitrogens is 1. The van der Waals surface area contributed by atoms with Crippen LogP contribution in [-0.4, -0.2) is 54.4 Å². The number of benzene rings is 3. The third-order valence-corrected chi connectivity index (χ3v) is 7.35. The number of methoxy groups -OCH3 is 1. The van der Waals surface area contributed by atoms with Crippen molar-refractivity contribution in [2.24, 2.45) is 5.92 Å². The van der Waals surface area contributed by atoms with E-state index in [9.17, 15) is 14.0 Å². The summed E-state index contributed by atoms with van der Waals surface area (Å²) in [4.78, 5) is 30.7. The number of anilines is 1. The molecule has 0 radical (unpaired) electrons. The van der Waals surface area contributed by atoms with Gasteiger partial charge in [-0.25, -0.2) is 4.39 Å². The van der Waals surface area contributed by atoms with Crippen LogP contribution in [0.4, 0.5) is 10.1 Å². The van der Waals surface area contributed by atoms with Crippen molar-refractivity contribution >= 4 is 17.4 Å². The van der Waals surface area contributed by atoms with E-state index in [2.05, 4.69) is 4.90 Å². The average Bonchev–Trinajstić information content (AvgIpc) is 3.53. The van der Waals surface area contributed by atoms with Gasteiger partial charge in [0.05, 0.1) is 7.11 Å². The lowest BCUT2D eigenvalue weighted by molar-refractivity contribution is 0.0841. The first-order chi connectivity index (χ1) is 19.0. The van der Waals surface area contributed by atoms with Gasteiger partial charge in [0.2, 0.25) is 0 Å². The molecule has 0 atom stereocenters. The number of nitrogens with zero attached hydrogens (tertiary/aromatic N) is 3. The van der Waals surface area contributed by atoms with Crippen LogP contribution in [0.25, 0.3) is 5.69 Å². The highest BCUT2D eigenvalue weighted by atomic mass is 19.1. The lowest BCUT2D eigenvalue weighted by Crippen LogP contribution is -2.42. The number of piperidine rings is 1. The lowest BCUT2D eigenvalue weighted by atomic mass is 9.89. The minimum absolute atomic E-state index is 0.0679. The predicted molar refractivity (Wildman–Crippen MR) is 150 cm³/mol. The van der Waals surface area contributed by atoms with Crippen LogP contribution in [0.2, 0.25) is 0 Å². The summed E-state index contributed by atoms with van der Waals surface area (Å²) in [6.07, 6.45) is 5.42. The van der Waals surface area contributed by atoms with Gasteiger partial charge < -0.3 is 19.1 Å². The Kier molecular flexibility index (Phi) is 8.18. The Morgan fingerprint density at radius 1 is 0.897 bits per heavy atom. The monoisotopic (exact) mass is 525 g/mol. The number of Topliss-reactive ketones (excluding diaryl/α,β-unsaturated/α-hetero) is 1. The molecule has 6 nitrogen and oxygen atoms in total. The molecule has 1 aliphatic heterocycles. The fourth-order valence-corrected chi connectivity index (χ4v) is 5.07. The molecule has 1 aromatic heterocycles. The van der Waals surface area contributed by atoms with Crippen LogP contribution in [0.3, 0.4) is 0 Å². The van der Waals surface area contributed by atoms with Crippen LogP contribution in [-0.2, 0) is 0 Å². The van der Waals surface area contributed by atoms with Gasteiger partial charge in [0.15, 0.2) is 5.78 Å². The van der Waals surface area contributed by atoms with Crippen LogP contribution in [0.1, 0.15) is 33.6 Å². The highest BCUT2D eigenvalue weighted by molar-refractivity contribution is 6.06. The van der Waals surface area contributed by atoms with Gasteiger partial charge in [-0.3, -0.25) is 9.59 Å². The zero-order chi connectivity index (χ0) is 27.2. The van der Waals surface area contributed by atoms with Crippen molar-refractivity contribution in [3.63, 3.8) is 0 Å². The van der Waals surface area contributed by atoms with Crippen LogP contribution >= 0.6 is 0 Å². The normalized spacial score (nSPS) is 14.2. The second kappa shape index (κ2) is 12.1. The first kappa shape index (κ1) is 26.4. The van der Waals surface area contributed by atoms with Crippen LogP contribution in [0.15, 0.2) is 97.3 Å². The number of carbonyl (C=O) groups is 2. The van der Waals surface area contributed by atoms with E-state index in [0.717, 1.165) is 37.3 Å². The predicted octanol–water partition coefficient (Wildman–Crippen LogP) is 5.87. The Morgan fingerprint density at radius 2 is 1.56 bits per heavy atom. The molecule has 2 heterocycles. The van der Waals surface area contributed by atoms with Gasteiger partial charge in [-0.1, -0.05) is 6.07 Å². The van der Waals surface area contributed by atoms with Crippen molar-refractivity contribution in [1.29, 1.82) is 0 Å². The van der Waals surface area contributed by atoms with E-state index in [4.69, 9.17) is 4.74 Å². The van der Waals surface area contributed by atoms with E-state index >= 15 is 0 Å². The first-order valence-electron chi connectivity index (χ1n) is 13.2. The van der Waals surface area contributed by atoms with Crippen molar-refractivity contribution in [3.05, 3.63) is 114 Å².